The number of alkyl halides is 2. The molecule has 8 heterocycles. The fourth-order valence-electron chi connectivity index (χ4n) is 8.60. The molecule has 2 fully saturated rings. The number of nitrogens with zero attached hydrogens (tertiary/aromatic N) is 9. The Kier molecular flexibility index (Phi) is 19.1. The van der Waals surface area contributed by atoms with Gasteiger partial charge in [0.2, 0.25) is 17.7 Å². The number of carbonyl (C=O) groups is 6. The average Bonchev–Trinajstić information content (AvgIpc) is 4.33. The number of aromatic nitrogens is 8. The molecule has 0 bridgehead atoms. The molecule has 4 atom stereocenters. The lowest BCUT2D eigenvalue weighted by atomic mass is 10.1. The molecule has 404 valence electrons. The Morgan fingerprint density at radius 1 is 0.654 bits per heavy atom. The van der Waals surface area contributed by atoms with Gasteiger partial charge in [-0.3, -0.25) is 28.8 Å². The summed E-state index contributed by atoms with van der Waals surface area (Å²) in [6, 6.07) is 19.0. The molecule has 0 radical (unpaired) electrons. The van der Waals surface area contributed by atoms with Gasteiger partial charge in [-0.2, -0.15) is 0 Å². The number of benzene rings is 2. The number of likely N-dealkylation sites (tertiary alicyclic amines) is 1. The minimum atomic E-state index is -1.34. The predicted octanol–water partition coefficient (Wildman–Crippen LogP) is 8.26. The van der Waals surface area contributed by atoms with Crippen molar-refractivity contribution < 1.29 is 42.7 Å². The molecule has 0 aliphatic carbocycles. The molecule has 2 aromatic carbocycles. The van der Waals surface area contributed by atoms with Crippen LogP contribution in [-0.4, -0.2) is 122 Å². The molecule has 0 unspecified atom stereocenters. The molecule has 0 saturated carbocycles. The van der Waals surface area contributed by atoms with E-state index in [0.717, 1.165) is 11.4 Å². The fraction of sp³-hybridized carbons (Fsp3) is 0.231. The highest BCUT2D eigenvalue weighted by Crippen LogP contribution is 2.30. The molecule has 3 amide bonds. The summed E-state index contributed by atoms with van der Waals surface area (Å²) in [5, 5.41) is 25.2. The fourth-order valence-corrected chi connectivity index (χ4v) is 8.92. The first-order valence-corrected chi connectivity index (χ1v) is 24.4. The number of ketones is 2. The molecular weight excluding hydrogens is 1080 g/mol. The molecule has 6 N–H and O–H groups in total. The van der Waals surface area contributed by atoms with E-state index >= 15 is 0 Å². The number of aliphatic carboxylic acids is 1. The van der Waals surface area contributed by atoms with Crippen LogP contribution in [0.2, 0.25) is 10.3 Å². The van der Waals surface area contributed by atoms with Crippen molar-refractivity contribution in [1.29, 1.82) is 0 Å². The number of amides is 3. The maximum Gasteiger partial charge on any atom is 0.323 e. The number of hydrogen-bond donors (Lipinski definition) is 6. The van der Waals surface area contributed by atoms with Crippen LogP contribution >= 0.6 is 35.6 Å². The smallest absolute Gasteiger partial charge is 0.323 e. The predicted molar refractivity (Wildman–Crippen MR) is 291 cm³/mol. The minimum absolute atomic E-state index is 0. The molecule has 2 saturated heterocycles. The Bertz CT molecular complexity index is 3490. The summed E-state index contributed by atoms with van der Waals surface area (Å²) in [4.78, 5) is 98.0. The minimum Gasteiger partial charge on any atom is -0.480 e. The Morgan fingerprint density at radius 2 is 1.14 bits per heavy atom. The second-order valence-electron chi connectivity index (χ2n) is 17.7. The number of carboxylic acids is 1. The van der Waals surface area contributed by atoms with Gasteiger partial charge in [-0.1, -0.05) is 35.3 Å². The molecule has 10 rings (SSSR count). The third kappa shape index (κ3) is 14.7. The summed E-state index contributed by atoms with van der Waals surface area (Å²) >= 11 is 11.6. The number of hydrogen-bond acceptors (Lipinski definition) is 15. The van der Waals surface area contributed by atoms with E-state index in [2.05, 4.69) is 56.5 Å². The van der Waals surface area contributed by atoms with E-state index < -0.39 is 42.2 Å². The largest absolute Gasteiger partial charge is 0.480 e. The van der Waals surface area contributed by atoms with Crippen molar-refractivity contribution in [3.05, 3.63) is 144 Å². The van der Waals surface area contributed by atoms with E-state index in [0.29, 0.717) is 55.3 Å². The summed E-state index contributed by atoms with van der Waals surface area (Å²) in [5.74, 6) is -1.92. The van der Waals surface area contributed by atoms with Crippen LogP contribution in [0.3, 0.4) is 0 Å². The van der Waals surface area contributed by atoms with Gasteiger partial charge < -0.3 is 45.7 Å². The molecule has 2 aliphatic rings. The first-order chi connectivity index (χ1) is 37.0. The normalized spacial score (nSPS) is 16.4. The maximum atomic E-state index is 14.4. The highest BCUT2D eigenvalue weighted by atomic mass is 35.5. The SMILES string of the molecule is CC(=O)c1cn(CC(=O)N2C[C@H](F)C[C@H]2C(=O)Nc2cccc(Cl)n2)c2ccc(Nc3cncnc3)cc12.CC(=O)c1cn(CC(=O)O)c2ccc(Nc3cncnc3)cc12.Cl.O=C(Nc1cccc(Cl)n1)[C@@H]1C[C@@H](F)CN1. The van der Waals surface area contributed by atoms with Gasteiger partial charge in [0.1, 0.15) is 66.1 Å². The summed E-state index contributed by atoms with van der Waals surface area (Å²) in [6.07, 6.45) is 10.3. The van der Waals surface area contributed by atoms with Crippen LogP contribution in [0.5, 0.6) is 0 Å². The number of Topliss-reactive ketones (excluding diaryl/α,β-unsaturated/α-hetero) is 2. The van der Waals surface area contributed by atoms with Gasteiger partial charge >= 0.3 is 5.97 Å². The number of carboxylic acid groups (broad SMARTS) is 1. The van der Waals surface area contributed by atoms with E-state index in [-0.39, 0.29) is 79.9 Å². The van der Waals surface area contributed by atoms with E-state index in [1.165, 1.54) is 31.4 Å². The van der Waals surface area contributed by atoms with Crippen LogP contribution in [-0.2, 0) is 32.3 Å². The van der Waals surface area contributed by atoms with Crippen LogP contribution in [0.25, 0.3) is 21.8 Å². The second kappa shape index (κ2) is 26.0. The standard InChI is InChI=1S/C26H23ClFN7O3.C16H14N4O3.C10H11ClFN3O.ClH/c1-15(36)20-12-34(21-6-5-17(8-19(20)21)31-18-9-29-14-30-10-18)13-25(37)35-11-16(28)7-22(35)26(38)33-24-4-2-3-23(27)32-24;1-10(21)14-7-20(8-16(22)23)15-3-2-11(4-13(14)15)19-12-5-17-9-18-6-12;11-8-2-1-3-9(14-8)15-10(16)7-4-6(12)5-13-7;/h2-6,8-10,12,14,16,22,31H,7,11,13H2,1H3,(H,32,33,38);2-7,9,19H,8H2,1H3,(H,22,23);1-3,6-7,13H,4-5H2,(H,14,15,16);1H/t16-,22+;;6-,7+;/m1.1./s1. The van der Waals surface area contributed by atoms with Crippen LogP contribution < -0.4 is 26.6 Å². The van der Waals surface area contributed by atoms with Crippen molar-refractivity contribution in [3.63, 3.8) is 0 Å². The van der Waals surface area contributed by atoms with Gasteiger partial charge in [-0.05, 0) is 74.5 Å². The number of carbonyl (C=O) groups excluding carboxylic acids is 5. The molecule has 6 aromatic heterocycles. The van der Waals surface area contributed by atoms with E-state index in [4.69, 9.17) is 28.3 Å². The molecule has 26 heteroatoms. The molecule has 21 nitrogen and oxygen atoms in total. The van der Waals surface area contributed by atoms with Crippen LogP contribution in [0.15, 0.2) is 123 Å². The zero-order chi connectivity index (χ0) is 54.8. The quantitative estimate of drug-likeness (QED) is 0.0442. The number of pyridine rings is 2. The Morgan fingerprint density at radius 3 is 1.59 bits per heavy atom. The summed E-state index contributed by atoms with van der Waals surface area (Å²) < 4.78 is 30.5. The Balaban J connectivity index is 0.000000187. The first-order valence-electron chi connectivity index (χ1n) is 23.7. The topological polar surface area (TPSA) is 273 Å². The Labute approximate surface area is 459 Å². The zero-order valence-corrected chi connectivity index (χ0v) is 43.8. The van der Waals surface area contributed by atoms with E-state index in [9.17, 15) is 37.5 Å². The van der Waals surface area contributed by atoms with Crippen molar-refractivity contribution in [2.75, 3.05) is 34.4 Å². The van der Waals surface area contributed by atoms with Gasteiger partial charge in [0.15, 0.2) is 11.6 Å². The lowest BCUT2D eigenvalue weighted by Crippen LogP contribution is -2.44. The van der Waals surface area contributed by atoms with Crippen molar-refractivity contribution in [2.45, 2.75) is 64.2 Å². The summed E-state index contributed by atoms with van der Waals surface area (Å²) in [7, 11) is 0. The molecule has 8 aromatic rings. The van der Waals surface area contributed by atoms with E-state index in [1.54, 1.807) is 94.8 Å². The van der Waals surface area contributed by atoms with Crippen LogP contribution in [0, 0.1) is 0 Å². The third-order valence-electron chi connectivity index (χ3n) is 12.0. The lowest BCUT2D eigenvalue weighted by molar-refractivity contribution is -0.137. The van der Waals surface area contributed by atoms with E-state index in [1.807, 2.05) is 24.3 Å². The van der Waals surface area contributed by atoms with Gasteiger partial charge in [0, 0.05) is 76.1 Å². The monoisotopic (exact) mass is 1120 g/mol. The van der Waals surface area contributed by atoms with Crippen molar-refractivity contribution in [2.24, 2.45) is 0 Å². The lowest BCUT2D eigenvalue weighted by Gasteiger charge is -2.24. The number of halogens is 5. The third-order valence-corrected chi connectivity index (χ3v) is 12.5. The van der Waals surface area contributed by atoms with Crippen LogP contribution in [0.1, 0.15) is 47.4 Å². The average molecular weight is 1130 g/mol. The van der Waals surface area contributed by atoms with Gasteiger partial charge in [0.25, 0.3) is 0 Å². The summed E-state index contributed by atoms with van der Waals surface area (Å²) in [5.41, 5.74) is 5.17. The highest BCUT2D eigenvalue weighted by molar-refractivity contribution is 6.29. The first kappa shape index (κ1) is 57.2. The van der Waals surface area contributed by atoms with Crippen molar-refractivity contribution in [3.8, 4) is 0 Å². The zero-order valence-electron chi connectivity index (χ0n) is 41.4. The number of anilines is 6. The van der Waals surface area contributed by atoms with Crippen molar-refractivity contribution in [1.82, 2.24) is 49.3 Å². The van der Waals surface area contributed by atoms with Gasteiger partial charge in [-0.15, -0.1) is 12.4 Å². The molecule has 78 heavy (non-hydrogen) atoms. The maximum absolute atomic E-state index is 14.4. The van der Waals surface area contributed by atoms with Crippen LogP contribution in [0.4, 0.5) is 43.2 Å². The second-order valence-corrected chi connectivity index (χ2v) is 18.4. The van der Waals surface area contributed by atoms with Gasteiger partial charge in [0.05, 0.1) is 48.7 Å². The summed E-state index contributed by atoms with van der Waals surface area (Å²) in [6.45, 7) is 2.57. The Hall–Kier alpha value is -8.51. The molecule has 2 aliphatic heterocycles. The number of fused-ring (bicyclic) bond motifs is 2. The molecule has 0 spiro atoms. The van der Waals surface area contributed by atoms with Gasteiger partial charge in [-0.25, -0.2) is 38.7 Å². The molecular formula is C52H49Cl3F2N14O7. The number of nitrogens with one attached hydrogen (secondary N) is 5. The number of rotatable bonds is 14. The highest BCUT2D eigenvalue weighted by Gasteiger charge is 2.40. The van der Waals surface area contributed by atoms with Crippen molar-refractivity contribution >= 4 is 127 Å².